The molecule has 14 heavy (non-hydrogen) atoms. The molecular formula is C8H15Br2NO2S. The van der Waals surface area contributed by atoms with Gasteiger partial charge in [0.25, 0.3) is 0 Å². The number of hydrogen-bond acceptors (Lipinski definition) is 2. The monoisotopic (exact) mass is 347 g/mol. The zero-order valence-electron chi connectivity index (χ0n) is 8.09. The molecule has 1 aliphatic rings. The molecule has 0 amide bonds. The predicted octanol–water partition coefficient (Wildman–Crippen LogP) is 2.01. The molecule has 1 saturated carbocycles. The lowest BCUT2D eigenvalue weighted by Gasteiger charge is -2.29. The van der Waals surface area contributed by atoms with Gasteiger partial charge in [-0.25, -0.2) is 13.1 Å². The second-order valence-corrected chi connectivity index (χ2v) is 6.83. The van der Waals surface area contributed by atoms with Crippen LogP contribution in [0.1, 0.15) is 26.2 Å². The Balaban J connectivity index is 2.72. The molecular weight excluding hydrogens is 334 g/mol. The maximum Gasteiger partial charge on any atom is 0.215 e. The number of rotatable bonds is 6. The Morgan fingerprint density at radius 3 is 2.14 bits per heavy atom. The van der Waals surface area contributed by atoms with E-state index in [2.05, 4.69) is 36.6 Å². The average Bonchev–Trinajstić information content (AvgIpc) is 2.97. The molecule has 3 nitrogen and oxygen atoms in total. The van der Waals surface area contributed by atoms with E-state index in [1.165, 1.54) is 0 Å². The third kappa shape index (κ3) is 2.93. The van der Waals surface area contributed by atoms with Gasteiger partial charge in [0.2, 0.25) is 10.0 Å². The Labute approximate surface area is 102 Å². The SMILES string of the molecule is CCC(CBr)(CBr)NS(=O)(=O)C1CC1. The lowest BCUT2D eigenvalue weighted by Crippen LogP contribution is -2.51. The van der Waals surface area contributed by atoms with E-state index < -0.39 is 10.0 Å². The molecule has 0 saturated heterocycles. The highest BCUT2D eigenvalue weighted by atomic mass is 79.9. The summed E-state index contributed by atoms with van der Waals surface area (Å²) in [5.41, 5.74) is -0.374. The van der Waals surface area contributed by atoms with Crippen LogP contribution in [0.3, 0.4) is 0 Å². The van der Waals surface area contributed by atoms with Gasteiger partial charge in [-0.05, 0) is 19.3 Å². The van der Waals surface area contributed by atoms with Crippen molar-refractivity contribution in [2.24, 2.45) is 0 Å². The van der Waals surface area contributed by atoms with Crippen LogP contribution in [0.4, 0.5) is 0 Å². The minimum Gasteiger partial charge on any atom is -0.212 e. The molecule has 0 unspecified atom stereocenters. The lowest BCUT2D eigenvalue weighted by molar-refractivity contribution is 0.459. The van der Waals surface area contributed by atoms with Crippen LogP contribution >= 0.6 is 31.9 Å². The Hall–Kier alpha value is 0.870. The fraction of sp³-hybridized carbons (Fsp3) is 1.00. The highest BCUT2D eigenvalue weighted by Crippen LogP contribution is 2.30. The molecule has 0 heterocycles. The maximum absolute atomic E-state index is 11.7. The molecule has 0 spiro atoms. The minimum atomic E-state index is -3.09. The van der Waals surface area contributed by atoms with E-state index >= 15 is 0 Å². The second-order valence-electron chi connectivity index (χ2n) is 3.75. The van der Waals surface area contributed by atoms with Crippen LogP contribution in [0, 0.1) is 0 Å². The van der Waals surface area contributed by atoms with E-state index in [9.17, 15) is 8.42 Å². The molecule has 0 aliphatic heterocycles. The van der Waals surface area contributed by atoms with E-state index in [0.29, 0.717) is 10.7 Å². The smallest absolute Gasteiger partial charge is 0.212 e. The highest BCUT2D eigenvalue weighted by Gasteiger charge is 2.40. The first kappa shape index (κ1) is 12.9. The molecule has 0 bridgehead atoms. The summed E-state index contributed by atoms with van der Waals surface area (Å²) in [6, 6.07) is 0. The van der Waals surface area contributed by atoms with Gasteiger partial charge in [-0.1, -0.05) is 38.8 Å². The molecule has 1 fully saturated rings. The summed E-state index contributed by atoms with van der Waals surface area (Å²) in [5.74, 6) is 0. The molecule has 1 rings (SSSR count). The summed E-state index contributed by atoms with van der Waals surface area (Å²) in [7, 11) is -3.09. The van der Waals surface area contributed by atoms with Gasteiger partial charge in [0, 0.05) is 10.7 Å². The van der Waals surface area contributed by atoms with Crippen LogP contribution in [-0.4, -0.2) is 29.9 Å². The second kappa shape index (κ2) is 4.80. The molecule has 1 N–H and O–H groups in total. The Morgan fingerprint density at radius 1 is 1.36 bits per heavy atom. The molecule has 1 aliphatic carbocycles. The molecule has 0 aromatic heterocycles. The number of alkyl halides is 2. The maximum atomic E-state index is 11.7. The largest absolute Gasteiger partial charge is 0.215 e. The van der Waals surface area contributed by atoms with Gasteiger partial charge in [0.05, 0.1) is 10.8 Å². The van der Waals surface area contributed by atoms with Gasteiger partial charge in [0.15, 0.2) is 0 Å². The van der Waals surface area contributed by atoms with Crippen LogP contribution in [0.5, 0.6) is 0 Å². The zero-order valence-corrected chi connectivity index (χ0v) is 12.1. The van der Waals surface area contributed by atoms with Crippen molar-refractivity contribution in [1.82, 2.24) is 4.72 Å². The summed E-state index contributed by atoms with van der Waals surface area (Å²) >= 11 is 6.72. The molecule has 84 valence electrons. The normalized spacial score (nSPS) is 18.5. The highest BCUT2D eigenvalue weighted by molar-refractivity contribution is 9.09. The lowest BCUT2D eigenvalue weighted by atomic mass is 10.0. The summed E-state index contributed by atoms with van der Waals surface area (Å²) in [5, 5.41) is 1.12. The van der Waals surface area contributed by atoms with Gasteiger partial charge in [-0.2, -0.15) is 0 Å². The van der Waals surface area contributed by atoms with Crippen molar-refractivity contribution >= 4 is 41.9 Å². The fourth-order valence-corrected chi connectivity index (χ4v) is 5.30. The summed E-state index contributed by atoms with van der Waals surface area (Å²) < 4.78 is 26.3. The average molecular weight is 349 g/mol. The first-order chi connectivity index (χ1) is 6.49. The Bertz CT molecular complexity index is 275. The van der Waals surface area contributed by atoms with Crippen molar-refractivity contribution < 1.29 is 8.42 Å². The van der Waals surface area contributed by atoms with Gasteiger partial charge >= 0.3 is 0 Å². The third-order valence-electron chi connectivity index (χ3n) is 2.51. The number of sulfonamides is 1. The van der Waals surface area contributed by atoms with E-state index in [1.54, 1.807) is 0 Å². The van der Waals surface area contributed by atoms with Crippen molar-refractivity contribution in [1.29, 1.82) is 0 Å². The van der Waals surface area contributed by atoms with Crippen molar-refractivity contribution in [3.63, 3.8) is 0 Å². The summed E-state index contributed by atoms with van der Waals surface area (Å²) in [6.07, 6.45) is 2.38. The van der Waals surface area contributed by atoms with Gasteiger partial charge < -0.3 is 0 Å². The quantitative estimate of drug-likeness (QED) is 0.746. The number of hydrogen-bond donors (Lipinski definition) is 1. The van der Waals surface area contributed by atoms with Crippen molar-refractivity contribution in [3.05, 3.63) is 0 Å². The van der Waals surface area contributed by atoms with Crippen LogP contribution < -0.4 is 4.72 Å². The first-order valence-electron chi connectivity index (χ1n) is 4.64. The molecule has 6 heteroatoms. The number of nitrogens with one attached hydrogen (secondary N) is 1. The first-order valence-corrected chi connectivity index (χ1v) is 8.43. The Morgan fingerprint density at radius 2 is 1.86 bits per heavy atom. The van der Waals surface area contributed by atoms with Gasteiger partial charge in [-0.15, -0.1) is 0 Å². The topological polar surface area (TPSA) is 46.2 Å². The minimum absolute atomic E-state index is 0.147. The predicted molar refractivity (Wildman–Crippen MR) is 65.7 cm³/mol. The standard InChI is InChI=1S/C8H15Br2NO2S/c1-2-8(5-9,6-10)11-14(12,13)7-3-4-7/h7,11H,2-6H2,1H3. The van der Waals surface area contributed by atoms with Crippen LogP contribution in [0.15, 0.2) is 0 Å². The van der Waals surface area contributed by atoms with E-state index in [4.69, 9.17) is 0 Å². The molecule has 0 radical (unpaired) electrons. The zero-order chi connectivity index (χ0) is 10.8. The van der Waals surface area contributed by atoms with Crippen LogP contribution in [-0.2, 0) is 10.0 Å². The van der Waals surface area contributed by atoms with Crippen LogP contribution in [0.2, 0.25) is 0 Å². The molecule has 0 atom stereocenters. The van der Waals surface area contributed by atoms with E-state index in [-0.39, 0.29) is 10.8 Å². The fourth-order valence-electron chi connectivity index (χ4n) is 1.11. The van der Waals surface area contributed by atoms with Crippen molar-refractivity contribution in [3.8, 4) is 0 Å². The van der Waals surface area contributed by atoms with Crippen molar-refractivity contribution in [2.45, 2.75) is 37.0 Å². The van der Waals surface area contributed by atoms with E-state index in [1.807, 2.05) is 6.92 Å². The van der Waals surface area contributed by atoms with Crippen molar-refractivity contribution in [2.75, 3.05) is 10.7 Å². The third-order valence-corrected chi connectivity index (χ3v) is 6.72. The van der Waals surface area contributed by atoms with Gasteiger partial charge in [-0.3, -0.25) is 0 Å². The molecule has 0 aromatic rings. The molecule has 0 aromatic carbocycles. The Kier molecular flexibility index (Phi) is 4.44. The number of halogens is 2. The van der Waals surface area contributed by atoms with Gasteiger partial charge in [0.1, 0.15) is 0 Å². The summed E-state index contributed by atoms with van der Waals surface area (Å²) in [6.45, 7) is 1.98. The summed E-state index contributed by atoms with van der Waals surface area (Å²) in [4.78, 5) is 0. The van der Waals surface area contributed by atoms with Crippen LogP contribution in [0.25, 0.3) is 0 Å². The van der Waals surface area contributed by atoms with E-state index in [0.717, 1.165) is 19.3 Å².